The van der Waals surface area contributed by atoms with Crippen molar-refractivity contribution in [3.8, 4) is 5.75 Å². The summed E-state index contributed by atoms with van der Waals surface area (Å²) in [6.07, 6.45) is 0. The monoisotopic (exact) mass is 376 g/mol. The molecule has 150 valence electrons. The molecule has 0 radical (unpaired) electrons. The number of nitrogens with one attached hydrogen (secondary N) is 2. The minimum absolute atomic E-state index is 0.0319. The number of nitrogens with zero attached hydrogens (tertiary/aromatic N) is 2. The largest absolute Gasteiger partial charge is 0.496 e. The summed E-state index contributed by atoms with van der Waals surface area (Å²) in [5.74, 6) is 0.653. The second kappa shape index (κ2) is 10.3. The van der Waals surface area contributed by atoms with Gasteiger partial charge in [-0.1, -0.05) is 17.7 Å². The van der Waals surface area contributed by atoms with E-state index in [1.807, 2.05) is 19.9 Å². The summed E-state index contributed by atoms with van der Waals surface area (Å²) >= 11 is 0. The first kappa shape index (κ1) is 21.2. The van der Waals surface area contributed by atoms with Gasteiger partial charge in [-0.05, 0) is 26.8 Å². The van der Waals surface area contributed by atoms with Gasteiger partial charge in [-0.25, -0.2) is 0 Å². The van der Waals surface area contributed by atoms with Crippen LogP contribution in [-0.4, -0.2) is 74.0 Å². The molecule has 0 saturated carbocycles. The molecule has 0 bridgehead atoms. The molecular formula is C20H32N4O3. The van der Waals surface area contributed by atoms with E-state index in [-0.39, 0.29) is 24.4 Å². The van der Waals surface area contributed by atoms with E-state index in [0.717, 1.165) is 38.5 Å². The molecule has 0 aromatic heterocycles. The lowest BCUT2D eigenvalue weighted by atomic mass is 10.1. The van der Waals surface area contributed by atoms with Crippen LogP contribution in [0.3, 0.4) is 0 Å². The maximum Gasteiger partial charge on any atom is 0.239 e. The molecule has 1 aliphatic rings. The van der Waals surface area contributed by atoms with Gasteiger partial charge in [0.1, 0.15) is 5.75 Å². The molecule has 0 unspecified atom stereocenters. The molecule has 1 aromatic rings. The molecular weight excluding hydrogens is 344 g/mol. The van der Waals surface area contributed by atoms with Crippen LogP contribution in [-0.2, 0) is 16.1 Å². The number of benzene rings is 1. The minimum atomic E-state index is -0.157. The Kier molecular flexibility index (Phi) is 8.06. The summed E-state index contributed by atoms with van der Waals surface area (Å²) in [4.78, 5) is 28.1. The van der Waals surface area contributed by atoms with E-state index in [9.17, 15) is 9.59 Å². The predicted octanol–water partition coefficient (Wildman–Crippen LogP) is 0.762. The van der Waals surface area contributed by atoms with Crippen LogP contribution in [0.1, 0.15) is 25.0 Å². The van der Waals surface area contributed by atoms with Gasteiger partial charge in [-0.3, -0.25) is 19.4 Å². The Morgan fingerprint density at radius 1 is 1.11 bits per heavy atom. The fraction of sp³-hybridized carbons (Fsp3) is 0.600. The van der Waals surface area contributed by atoms with E-state index in [2.05, 4.69) is 39.5 Å². The standard InChI is InChI=1S/C20H32N4O3/c1-15(2)22-19(25)12-21-20(26)14-24-9-7-23(8-10-24)13-17-11-16(3)5-6-18(17)27-4/h5-6,11,15H,7-10,12-14H2,1-4H3,(H,21,26)(H,22,25). The Balaban J connectivity index is 1.73. The summed E-state index contributed by atoms with van der Waals surface area (Å²) < 4.78 is 5.46. The zero-order valence-corrected chi connectivity index (χ0v) is 16.9. The van der Waals surface area contributed by atoms with Gasteiger partial charge in [0.25, 0.3) is 0 Å². The van der Waals surface area contributed by atoms with Crippen LogP contribution in [0, 0.1) is 6.92 Å². The van der Waals surface area contributed by atoms with Crippen molar-refractivity contribution in [1.29, 1.82) is 0 Å². The lowest BCUT2D eigenvalue weighted by Crippen LogP contribution is -2.50. The number of amides is 2. The topological polar surface area (TPSA) is 73.9 Å². The molecule has 0 spiro atoms. The van der Waals surface area contributed by atoms with Crippen molar-refractivity contribution in [2.24, 2.45) is 0 Å². The predicted molar refractivity (Wildman–Crippen MR) is 106 cm³/mol. The molecule has 1 heterocycles. The van der Waals surface area contributed by atoms with Crippen LogP contribution in [0.5, 0.6) is 5.75 Å². The highest BCUT2D eigenvalue weighted by atomic mass is 16.5. The van der Waals surface area contributed by atoms with Gasteiger partial charge < -0.3 is 15.4 Å². The summed E-state index contributed by atoms with van der Waals surface area (Å²) in [5.41, 5.74) is 2.42. The number of hydrogen-bond acceptors (Lipinski definition) is 5. The van der Waals surface area contributed by atoms with E-state index in [1.54, 1.807) is 7.11 Å². The van der Waals surface area contributed by atoms with Crippen molar-refractivity contribution in [3.05, 3.63) is 29.3 Å². The number of rotatable bonds is 8. The van der Waals surface area contributed by atoms with Crippen molar-refractivity contribution in [2.45, 2.75) is 33.4 Å². The third kappa shape index (κ3) is 7.19. The van der Waals surface area contributed by atoms with Crippen LogP contribution in [0.25, 0.3) is 0 Å². The Hall–Kier alpha value is -2.12. The van der Waals surface area contributed by atoms with Crippen molar-refractivity contribution >= 4 is 11.8 Å². The first-order valence-electron chi connectivity index (χ1n) is 9.51. The van der Waals surface area contributed by atoms with Crippen molar-refractivity contribution < 1.29 is 14.3 Å². The summed E-state index contributed by atoms with van der Waals surface area (Å²) in [6.45, 7) is 10.6. The van der Waals surface area contributed by atoms with E-state index >= 15 is 0 Å². The van der Waals surface area contributed by atoms with E-state index in [4.69, 9.17) is 4.74 Å². The van der Waals surface area contributed by atoms with Crippen molar-refractivity contribution in [3.63, 3.8) is 0 Å². The molecule has 27 heavy (non-hydrogen) atoms. The molecule has 1 aromatic carbocycles. The first-order chi connectivity index (χ1) is 12.9. The summed E-state index contributed by atoms with van der Waals surface area (Å²) in [6, 6.07) is 6.32. The van der Waals surface area contributed by atoms with Crippen molar-refractivity contribution in [1.82, 2.24) is 20.4 Å². The molecule has 2 amide bonds. The van der Waals surface area contributed by atoms with E-state index in [1.165, 1.54) is 11.1 Å². The molecule has 1 fully saturated rings. The number of carbonyl (C=O) groups is 2. The van der Waals surface area contributed by atoms with Gasteiger partial charge in [0, 0.05) is 44.3 Å². The summed E-state index contributed by atoms with van der Waals surface area (Å²) in [5, 5.41) is 5.44. The van der Waals surface area contributed by atoms with Gasteiger partial charge >= 0.3 is 0 Å². The number of hydrogen-bond donors (Lipinski definition) is 2. The lowest BCUT2D eigenvalue weighted by Gasteiger charge is -2.34. The van der Waals surface area contributed by atoms with Gasteiger partial charge in [-0.15, -0.1) is 0 Å². The fourth-order valence-corrected chi connectivity index (χ4v) is 3.19. The minimum Gasteiger partial charge on any atom is -0.496 e. The highest BCUT2D eigenvalue weighted by Gasteiger charge is 2.20. The molecule has 0 aliphatic carbocycles. The molecule has 2 N–H and O–H groups in total. The highest BCUT2D eigenvalue weighted by Crippen LogP contribution is 2.21. The number of carbonyl (C=O) groups excluding carboxylic acids is 2. The Morgan fingerprint density at radius 2 is 1.78 bits per heavy atom. The van der Waals surface area contributed by atoms with Gasteiger partial charge in [0.15, 0.2) is 0 Å². The molecule has 1 saturated heterocycles. The molecule has 7 nitrogen and oxygen atoms in total. The smallest absolute Gasteiger partial charge is 0.239 e. The van der Waals surface area contributed by atoms with Crippen LogP contribution >= 0.6 is 0 Å². The van der Waals surface area contributed by atoms with E-state index < -0.39 is 0 Å². The average Bonchev–Trinajstić information content (AvgIpc) is 2.61. The van der Waals surface area contributed by atoms with Crippen LogP contribution in [0.2, 0.25) is 0 Å². The quantitative estimate of drug-likeness (QED) is 0.701. The van der Waals surface area contributed by atoms with Gasteiger partial charge in [0.05, 0.1) is 20.2 Å². The third-order valence-corrected chi connectivity index (χ3v) is 4.56. The van der Waals surface area contributed by atoms with Gasteiger partial charge in [0.2, 0.25) is 11.8 Å². The van der Waals surface area contributed by atoms with E-state index in [0.29, 0.717) is 6.54 Å². The Morgan fingerprint density at radius 3 is 2.41 bits per heavy atom. The number of methoxy groups -OCH3 is 1. The number of aryl methyl sites for hydroxylation is 1. The fourth-order valence-electron chi connectivity index (χ4n) is 3.19. The number of piperazine rings is 1. The first-order valence-corrected chi connectivity index (χ1v) is 9.51. The Bertz CT molecular complexity index is 640. The third-order valence-electron chi connectivity index (χ3n) is 4.56. The lowest BCUT2D eigenvalue weighted by molar-refractivity contribution is -0.127. The zero-order valence-electron chi connectivity index (χ0n) is 16.9. The molecule has 2 rings (SSSR count). The van der Waals surface area contributed by atoms with Crippen LogP contribution in [0.15, 0.2) is 18.2 Å². The SMILES string of the molecule is COc1ccc(C)cc1CN1CCN(CC(=O)NCC(=O)NC(C)C)CC1. The maximum atomic E-state index is 12.0. The van der Waals surface area contributed by atoms with Gasteiger partial charge in [-0.2, -0.15) is 0 Å². The molecule has 7 heteroatoms. The van der Waals surface area contributed by atoms with Crippen molar-refractivity contribution in [2.75, 3.05) is 46.4 Å². The second-order valence-electron chi connectivity index (χ2n) is 7.37. The second-order valence-corrected chi connectivity index (χ2v) is 7.37. The highest BCUT2D eigenvalue weighted by molar-refractivity contribution is 5.85. The normalized spacial score (nSPS) is 15.6. The summed E-state index contributed by atoms with van der Waals surface area (Å²) in [7, 11) is 1.70. The Labute approximate surface area is 162 Å². The number of ether oxygens (including phenoxy) is 1. The average molecular weight is 377 g/mol. The van der Waals surface area contributed by atoms with Crippen LogP contribution < -0.4 is 15.4 Å². The molecule has 1 aliphatic heterocycles. The molecule has 0 atom stereocenters. The van der Waals surface area contributed by atoms with Crippen LogP contribution in [0.4, 0.5) is 0 Å². The zero-order chi connectivity index (χ0) is 19.8. The maximum absolute atomic E-state index is 12.0.